The van der Waals surface area contributed by atoms with Gasteiger partial charge >= 0.3 is 0 Å². The quantitative estimate of drug-likeness (QED) is 0.520. The van der Waals surface area contributed by atoms with Crippen LogP contribution in [0, 0.1) is 0 Å². The number of fused-ring (bicyclic) bond motifs is 3. The largest absolute Gasteiger partial charge is 0.358 e. The molecule has 0 saturated heterocycles. The number of hydrogen-bond donors (Lipinski definition) is 1. The highest BCUT2D eigenvalue weighted by molar-refractivity contribution is 5.88. The van der Waals surface area contributed by atoms with Gasteiger partial charge in [-0.25, -0.2) is 0 Å². The highest BCUT2D eigenvalue weighted by Gasteiger charge is 2.18. The SMILES string of the molecule is CCCCCCCCCCc1cccc2[nH]c3c(c12)CCC3. The molecule has 1 aliphatic carbocycles. The molecule has 22 heavy (non-hydrogen) atoms. The van der Waals surface area contributed by atoms with Crippen LogP contribution in [0.1, 0.15) is 81.5 Å². The first-order valence-electron chi connectivity index (χ1n) is 9.51. The molecule has 0 bridgehead atoms. The van der Waals surface area contributed by atoms with Crippen molar-refractivity contribution in [2.45, 2.75) is 84.0 Å². The molecule has 120 valence electrons. The Morgan fingerprint density at radius 2 is 1.68 bits per heavy atom. The second-order valence-corrected chi connectivity index (χ2v) is 7.00. The zero-order valence-electron chi connectivity index (χ0n) is 14.2. The zero-order chi connectivity index (χ0) is 15.2. The lowest BCUT2D eigenvalue weighted by molar-refractivity contribution is 0.576. The summed E-state index contributed by atoms with van der Waals surface area (Å²) >= 11 is 0. The summed E-state index contributed by atoms with van der Waals surface area (Å²) in [4.78, 5) is 3.65. The maximum Gasteiger partial charge on any atom is 0.0461 e. The Morgan fingerprint density at radius 1 is 0.909 bits per heavy atom. The topological polar surface area (TPSA) is 15.8 Å². The second kappa shape index (κ2) is 7.85. The van der Waals surface area contributed by atoms with Gasteiger partial charge in [-0.05, 0) is 49.3 Å². The van der Waals surface area contributed by atoms with Crippen LogP contribution in [-0.2, 0) is 19.3 Å². The predicted molar refractivity (Wildman–Crippen MR) is 96.6 cm³/mol. The van der Waals surface area contributed by atoms with Crippen molar-refractivity contribution in [3.8, 4) is 0 Å². The molecule has 1 nitrogen and oxygen atoms in total. The molecule has 0 atom stereocenters. The fourth-order valence-corrected chi connectivity index (χ4v) is 4.04. The summed E-state index contributed by atoms with van der Waals surface area (Å²) in [6, 6.07) is 6.84. The average Bonchev–Trinajstić information content (AvgIpc) is 3.10. The second-order valence-electron chi connectivity index (χ2n) is 7.00. The van der Waals surface area contributed by atoms with Crippen molar-refractivity contribution in [1.82, 2.24) is 4.98 Å². The molecule has 0 aliphatic heterocycles. The van der Waals surface area contributed by atoms with E-state index in [-0.39, 0.29) is 0 Å². The van der Waals surface area contributed by atoms with Gasteiger partial charge in [0.05, 0.1) is 0 Å². The Hall–Kier alpha value is -1.24. The van der Waals surface area contributed by atoms with Crippen molar-refractivity contribution in [3.05, 3.63) is 35.0 Å². The number of hydrogen-bond acceptors (Lipinski definition) is 0. The number of rotatable bonds is 9. The van der Waals surface area contributed by atoms with E-state index in [4.69, 9.17) is 0 Å². The van der Waals surface area contributed by atoms with Gasteiger partial charge in [0.25, 0.3) is 0 Å². The third kappa shape index (κ3) is 3.56. The molecule has 3 rings (SSSR count). The third-order valence-corrected chi connectivity index (χ3v) is 5.26. The van der Waals surface area contributed by atoms with E-state index in [2.05, 4.69) is 30.1 Å². The molecule has 0 fully saturated rings. The van der Waals surface area contributed by atoms with Gasteiger partial charge in [0.2, 0.25) is 0 Å². The van der Waals surface area contributed by atoms with Gasteiger partial charge in [-0.1, -0.05) is 64.0 Å². The van der Waals surface area contributed by atoms with E-state index in [1.165, 1.54) is 88.3 Å². The Morgan fingerprint density at radius 3 is 2.50 bits per heavy atom. The molecule has 0 amide bonds. The van der Waals surface area contributed by atoms with Crippen LogP contribution in [0.4, 0.5) is 0 Å². The van der Waals surface area contributed by atoms with E-state index in [9.17, 15) is 0 Å². The number of benzene rings is 1. The van der Waals surface area contributed by atoms with Gasteiger partial charge in [-0.3, -0.25) is 0 Å². The summed E-state index contributed by atoms with van der Waals surface area (Å²) in [5, 5.41) is 1.57. The fraction of sp³-hybridized carbons (Fsp3) is 0.619. The van der Waals surface area contributed by atoms with Crippen LogP contribution in [0.25, 0.3) is 10.9 Å². The number of H-pyrrole nitrogens is 1. The summed E-state index contributed by atoms with van der Waals surface area (Å²) < 4.78 is 0. The minimum absolute atomic E-state index is 1.25. The molecule has 0 saturated carbocycles. The van der Waals surface area contributed by atoms with Crippen molar-refractivity contribution >= 4 is 10.9 Å². The minimum Gasteiger partial charge on any atom is -0.358 e. The number of nitrogens with one attached hydrogen (secondary N) is 1. The van der Waals surface area contributed by atoms with Crippen LogP contribution in [-0.4, -0.2) is 4.98 Å². The van der Waals surface area contributed by atoms with Gasteiger partial charge in [0.15, 0.2) is 0 Å². The normalized spacial score (nSPS) is 13.9. The van der Waals surface area contributed by atoms with Crippen molar-refractivity contribution in [3.63, 3.8) is 0 Å². The van der Waals surface area contributed by atoms with Gasteiger partial charge in [-0.2, -0.15) is 0 Å². The Labute approximate surface area is 135 Å². The van der Waals surface area contributed by atoms with Gasteiger partial charge in [-0.15, -0.1) is 0 Å². The summed E-state index contributed by atoms with van der Waals surface area (Å²) in [6.45, 7) is 2.29. The van der Waals surface area contributed by atoms with Crippen molar-refractivity contribution in [2.75, 3.05) is 0 Å². The van der Waals surface area contributed by atoms with Crippen LogP contribution in [0.5, 0.6) is 0 Å². The van der Waals surface area contributed by atoms with Gasteiger partial charge in [0.1, 0.15) is 0 Å². The van der Waals surface area contributed by atoms with Gasteiger partial charge < -0.3 is 4.98 Å². The molecule has 1 aromatic heterocycles. The Balaban J connectivity index is 1.50. The van der Waals surface area contributed by atoms with Crippen LogP contribution < -0.4 is 0 Å². The smallest absolute Gasteiger partial charge is 0.0461 e. The highest BCUT2D eigenvalue weighted by atomic mass is 14.7. The minimum atomic E-state index is 1.25. The first-order chi connectivity index (χ1) is 10.9. The maximum atomic E-state index is 3.65. The molecule has 1 heteroatoms. The van der Waals surface area contributed by atoms with Crippen LogP contribution in [0.2, 0.25) is 0 Å². The fourth-order valence-electron chi connectivity index (χ4n) is 4.04. The molecule has 0 unspecified atom stereocenters. The molecule has 0 radical (unpaired) electrons. The first-order valence-corrected chi connectivity index (χ1v) is 9.51. The van der Waals surface area contributed by atoms with E-state index >= 15 is 0 Å². The van der Waals surface area contributed by atoms with Crippen LogP contribution in [0.15, 0.2) is 18.2 Å². The average molecular weight is 297 g/mol. The summed E-state index contributed by atoms with van der Waals surface area (Å²) in [5.41, 5.74) is 6.10. The number of unbranched alkanes of at least 4 members (excludes halogenated alkanes) is 7. The van der Waals surface area contributed by atoms with Crippen molar-refractivity contribution in [1.29, 1.82) is 0 Å². The molecular formula is C21H31N. The molecular weight excluding hydrogens is 266 g/mol. The summed E-state index contributed by atoms with van der Waals surface area (Å²) in [5.74, 6) is 0. The maximum absolute atomic E-state index is 3.65. The molecule has 2 aromatic rings. The standard InChI is InChI=1S/C21H31N/c1-2-3-4-5-6-7-8-9-12-17-13-10-16-20-21(17)18-14-11-15-19(18)22-20/h10,13,16,22H,2-9,11-12,14-15H2,1H3. The van der Waals surface area contributed by atoms with E-state index in [0.717, 1.165) is 0 Å². The lowest BCUT2D eigenvalue weighted by Gasteiger charge is -2.06. The van der Waals surface area contributed by atoms with Gasteiger partial charge in [0, 0.05) is 16.6 Å². The molecule has 1 aliphatic rings. The predicted octanol–water partition coefficient (Wildman–Crippen LogP) is 6.34. The van der Waals surface area contributed by atoms with E-state index in [1.807, 2.05) is 0 Å². The first kappa shape index (κ1) is 15.6. The summed E-state index contributed by atoms with van der Waals surface area (Å²) in [7, 11) is 0. The number of aromatic nitrogens is 1. The molecule has 1 heterocycles. The van der Waals surface area contributed by atoms with Crippen molar-refractivity contribution in [2.24, 2.45) is 0 Å². The number of aryl methyl sites for hydroxylation is 3. The molecule has 1 N–H and O–H groups in total. The lowest BCUT2D eigenvalue weighted by atomic mass is 9.99. The van der Waals surface area contributed by atoms with E-state index in [1.54, 1.807) is 16.5 Å². The summed E-state index contributed by atoms with van der Waals surface area (Å²) in [6.07, 6.45) is 16.4. The third-order valence-electron chi connectivity index (χ3n) is 5.26. The monoisotopic (exact) mass is 297 g/mol. The Bertz CT molecular complexity index is 593. The zero-order valence-corrected chi connectivity index (χ0v) is 14.2. The highest BCUT2D eigenvalue weighted by Crippen LogP contribution is 2.32. The van der Waals surface area contributed by atoms with E-state index < -0.39 is 0 Å². The molecule has 1 aromatic carbocycles. The number of aromatic amines is 1. The molecule has 0 spiro atoms. The van der Waals surface area contributed by atoms with Crippen LogP contribution in [0.3, 0.4) is 0 Å². The van der Waals surface area contributed by atoms with E-state index in [0.29, 0.717) is 0 Å². The van der Waals surface area contributed by atoms with Crippen LogP contribution >= 0.6 is 0 Å². The lowest BCUT2D eigenvalue weighted by Crippen LogP contribution is -1.89. The van der Waals surface area contributed by atoms with Crippen molar-refractivity contribution < 1.29 is 0 Å². The Kier molecular flexibility index (Phi) is 5.58.